The minimum absolute atomic E-state index is 0.131. The van der Waals surface area contributed by atoms with Crippen molar-refractivity contribution in [2.75, 3.05) is 24.6 Å². The van der Waals surface area contributed by atoms with Crippen LogP contribution in [0, 0.1) is 0 Å². The van der Waals surface area contributed by atoms with E-state index in [2.05, 4.69) is 19.2 Å². The minimum atomic E-state index is 0.131. The van der Waals surface area contributed by atoms with Crippen LogP contribution in [0.15, 0.2) is 0 Å². The third-order valence-electron chi connectivity index (χ3n) is 2.84. The Kier molecular flexibility index (Phi) is 6.69. The molecule has 1 N–H and O–H groups in total. The number of urea groups is 1. The molecule has 0 aromatic carbocycles. The summed E-state index contributed by atoms with van der Waals surface area (Å²) in [5.41, 5.74) is 0. The SMILES string of the molecule is CCSCC(C)NC(=O)N1CCCCCC1. The lowest BCUT2D eigenvalue weighted by Gasteiger charge is -2.23. The molecule has 1 atom stereocenters. The third-order valence-corrected chi connectivity index (χ3v) is 3.98. The van der Waals surface area contributed by atoms with E-state index in [9.17, 15) is 4.79 Å². The second-order valence-electron chi connectivity index (χ2n) is 4.41. The Morgan fingerprint density at radius 2 is 1.94 bits per heavy atom. The third kappa shape index (κ3) is 5.10. The van der Waals surface area contributed by atoms with Gasteiger partial charge in [-0.15, -0.1) is 0 Å². The van der Waals surface area contributed by atoms with Crippen LogP contribution >= 0.6 is 11.8 Å². The molecule has 4 heteroatoms. The van der Waals surface area contributed by atoms with Crippen molar-refractivity contribution in [3.63, 3.8) is 0 Å². The summed E-state index contributed by atoms with van der Waals surface area (Å²) >= 11 is 1.88. The van der Waals surface area contributed by atoms with Gasteiger partial charge in [-0.25, -0.2) is 4.79 Å². The highest BCUT2D eigenvalue weighted by atomic mass is 32.2. The van der Waals surface area contributed by atoms with Gasteiger partial charge in [-0.2, -0.15) is 11.8 Å². The molecule has 1 aliphatic heterocycles. The van der Waals surface area contributed by atoms with E-state index >= 15 is 0 Å². The molecule has 1 fully saturated rings. The average molecular weight is 244 g/mol. The van der Waals surface area contributed by atoms with Gasteiger partial charge in [0.25, 0.3) is 0 Å². The number of nitrogens with one attached hydrogen (secondary N) is 1. The van der Waals surface area contributed by atoms with Gasteiger partial charge in [0, 0.05) is 24.9 Å². The van der Waals surface area contributed by atoms with Gasteiger partial charge in [0.1, 0.15) is 0 Å². The number of hydrogen-bond acceptors (Lipinski definition) is 2. The van der Waals surface area contributed by atoms with E-state index in [1.54, 1.807) is 0 Å². The normalized spacial score (nSPS) is 19.0. The Hall–Kier alpha value is -0.380. The average Bonchev–Trinajstić information content (AvgIpc) is 2.54. The fraction of sp³-hybridized carbons (Fsp3) is 0.917. The van der Waals surface area contributed by atoms with Crippen LogP contribution in [0.2, 0.25) is 0 Å². The maximum atomic E-state index is 11.9. The Morgan fingerprint density at radius 3 is 2.50 bits per heavy atom. The van der Waals surface area contributed by atoms with Gasteiger partial charge in [0.2, 0.25) is 0 Å². The van der Waals surface area contributed by atoms with E-state index < -0.39 is 0 Å². The fourth-order valence-corrected chi connectivity index (χ4v) is 2.58. The maximum absolute atomic E-state index is 11.9. The molecule has 0 bridgehead atoms. The quantitative estimate of drug-likeness (QED) is 0.824. The molecule has 16 heavy (non-hydrogen) atoms. The highest BCUT2D eigenvalue weighted by Crippen LogP contribution is 2.10. The van der Waals surface area contributed by atoms with Crippen LogP contribution in [0.5, 0.6) is 0 Å². The lowest BCUT2D eigenvalue weighted by atomic mass is 10.2. The first-order valence-electron chi connectivity index (χ1n) is 6.37. The van der Waals surface area contributed by atoms with Gasteiger partial charge in [-0.3, -0.25) is 0 Å². The van der Waals surface area contributed by atoms with Gasteiger partial charge in [-0.05, 0) is 25.5 Å². The van der Waals surface area contributed by atoms with Crippen molar-refractivity contribution >= 4 is 17.8 Å². The molecule has 0 aliphatic carbocycles. The summed E-state index contributed by atoms with van der Waals surface area (Å²) in [6, 6.07) is 0.409. The predicted molar refractivity (Wildman–Crippen MR) is 71.0 cm³/mol. The van der Waals surface area contributed by atoms with E-state index in [-0.39, 0.29) is 12.1 Å². The number of thioether (sulfide) groups is 1. The van der Waals surface area contributed by atoms with Crippen LogP contribution in [0.25, 0.3) is 0 Å². The largest absolute Gasteiger partial charge is 0.335 e. The van der Waals surface area contributed by atoms with Crippen molar-refractivity contribution in [1.29, 1.82) is 0 Å². The molecule has 1 saturated heterocycles. The highest BCUT2D eigenvalue weighted by Gasteiger charge is 2.16. The van der Waals surface area contributed by atoms with Crippen molar-refractivity contribution in [2.24, 2.45) is 0 Å². The summed E-state index contributed by atoms with van der Waals surface area (Å²) in [7, 11) is 0. The van der Waals surface area contributed by atoms with Crippen molar-refractivity contribution in [3.8, 4) is 0 Å². The molecule has 1 heterocycles. The molecule has 0 radical (unpaired) electrons. The molecule has 0 aromatic heterocycles. The molecule has 2 amide bonds. The maximum Gasteiger partial charge on any atom is 0.317 e. The highest BCUT2D eigenvalue weighted by molar-refractivity contribution is 7.99. The number of rotatable bonds is 4. The zero-order valence-corrected chi connectivity index (χ0v) is 11.3. The molecule has 1 unspecified atom stereocenters. The first-order valence-corrected chi connectivity index (χ1v) is 7.52. The zero-order chi connectivity index (χ0) is 11.8. The van der Waals surface area contributed by atoms with Crippen LogP contribution in [-0.4, -0.2) is 41.6 Å². The molecule has 3 nitrogen and oxygen atoms in total. The van der Waals surface area contributed by atoms with E-state index in [0.717, 1.165) is 37.4 Å². The topological polar surface area (TPSA) is 32.3 Å². The summed E-state index contributed by atoms with van der Waals surface area (Å²) < 4.78 is 0. The van der Waals surface area contributed by atoms with E-state index in [1.165, 1.54) is 12.8 Å². The van der Waals surface area contributed by atoms with Gasteiger partial charge < -0.3 is 10.2 Å². The number of nitrogens with zero attached hydrogens (tertiary/aromatic N) is 1. The van der Waals surface area contributed by atoms with Crippen LogP contribution in [0.4, 0.5) is 4.79 Å². The van der Waals surface area contributed by atoms with Crippen LogP contribution < -0.4 is 5.32 Å². The summed E-state index contributed by atoms with van der Waals surface area (Å²) in [4.78, 5) is 13.9. The number of hydrogen-bond donors (Lipinski definition) is 1. The summed E-state index contributed by atoms with van der Waals surface area (Å²) in [5.74, 6) is 2.13. The monoisotopic (exact) mass is 244 g/mol. The van der Waals surface area contributed by atoms with Gasteiger partial charge in [0.15, 0.2) is 0 Å². The fourth-order valence-electron chi connectivity index (χ4n) is 1.91. The molecule has 0 aromatic rings. The Bertz CT molecular complexity index is 203. The molecule has 0 spiro atoms. The lowest BCUT2D eigenvalue weighted by molar-refractivity contribution is 0.197. The zero-order valence-electron chi connectivity index (χ0n) is 10.5. The van der Waals surface area contributed by atoms with Crippen LogP contribution in [0.1, 0.15) is 39.5 Å². The smallest absolute Gasteiger partial charge is 0.317 e. The van der Waals surface area contributed by atoms with Gasteiger partial charge in [0.05, 0.1) is 0 Å². The summed E-state index contributed by atoms with van der Waals surface area (Å²) in [5, 5.41) is 3.08. The Balaban J connectivity index is 2.26. The van der Waals surface area contributed by atoms with Crippen molar-refractivity contribution in [3.05, 3.63) is 0 Å². The molecule has 0 saturated carbocycles. The summed E-state index contributed by atoms with van der Waals surface area (Å²) in [6.07, 6.45) is 4.85. The van der Waals surface area contributed by atoms with E-state index in [1.807, 2.05) is 16.7 Å². The van der Waals surface area contributed by atoms with Gasteiger partial charge in [-0.1, -0.05) is 19.8 Å². The predicted octanol–water partition coefficient (Wildman–Crippen LogP) is 2.71. The van der Waals surface area contributed by atoms with Crippen molar-refractivity contribution in [2.45, 2.75) is 45.6 Å². The number of carbonyl (C=O) groups excluding carboxylic acids is 1. The van der Waals surface area contributed by atoms with E-state index in [0.29, 0.717) is 0 Å². The van der Waals surface area contributed by atoms with Gasteiger partial charge >= 0.3 is 6.03 Å². The minimum Gasteiger partial charge on any atom is -0.335 e. The molecule has 1 aliphatic rings. The molecule has 94 valence electrons. The van der Waals surface area contributed by atoms with Crippen molar-refractivity contribution in [1.82, 2.24) is 10.2 Å². The first-order chi connectivity index (χ1) is 7.74. The van der Waals surface area contributed by atoms with Crippen molar-refractivity contribution < 1.29 is 4.79 Å². The van der Waals surface area contributed by atoms with Crippen LogP contribution in [0.3, 0.4) is 0 Å². The summed E-state index contributed by atoms with van der Waals surface area (Å²) in [6.45, 7) is 6.09. The second-order valence-corrected chi connectivity index (χ2v) is 5.73. The Labute approximate surface area is 103 Å². The number of amides is 2. The lowest BCUT2D eigenvalue weighted by Crippen LogP contribution is -2.45. The molecular weight excluding hydrogens is 220 g/mol. The standard InChI is InChI=1S/C12H24N2OS/c1-3-16-10-11(2)13-12(15)14-8-6-4-5-7-9-14/h11H,3-10H2,1-2H3,(H,13,15). The Morgan fingerprint density at radius 1 is 1.31 bits per heavy atom. The molecule has 1 rings (SSSR count). The second kappa shape index (κ2) is 7.82. The molecular formula is C12H24N2OS. The van der Waals surface area contributed by atoms with E-state index in [4.69, 9.17) is 0 Å². The number of likely N-dealkylation sites (tertiary alicyclic amines) is 1. The first kappa shape index (κ1) is 13.7. The number of carbonyl (C=O) groups is 1. The van der Waals surface area contributed by atoms with Crippen LogP contribution in [-0.2, 0) is 0 Å².